The molecule has 5 heteroatoms. The van der Waals surface area contributed by atoms with Crippen molar-refractivity contribution in [3.8, 4) is 0 Å². The van der Waals surface area contributed by atoms with E-state index in [2.05, 4.69) is 90.9 Å². The van der Waals surface area contributed by atoms with E-state index < -0.39 is 0 Å². The van der Waals surface area contributed by atoms with E-state index in [1.54, 1.807) is 11.1 Å². The van der Waals surface area contributed by atoms with E-state index >= 15 is 0 Å². The van der Waals surface area contributed by atoms with Gasteiger partial charge in [-0.3, -0.25) is 0 Å². The zero-order valence-electron chi connectivity index (χ0n) is 27.5. The molecule has 0 aliphatic rings. The first kappa shape index (κ1) is 37.9. The second kappa shape index (κ2) is 27.1. The van der Waals surface area contributed by atoms with E-state index in [1.165, 1.54) is 56.1 Å². The zero-order valence-corrected chi connectivity index (χ0v) is 27.5. The van der Waals surface area contributed by atoms with Gasteiger partial charge in [0.1, 0.15) is 7.85 Å². The number of hydrogen-bond donors (Lipinski definition) is 0. The summed E-state index contributed by atoms with van der Waals surface area (Å²) in [6.45, 7) is 12.1. The maximum atomic E-state index is 5.85. The SMILES string of the molecule is BC/C(=C/CC/C(=C/CCCCC)CC/C=C(/C)COCCCN(C)C)CC/C=C(/C)COCCCN(C)C. The smallest absolute Gasteiger partial charge is 0.106 e. The highest BCUT2D eigenvalue weighted by Crippen LogP contribution is 2.19. The van der Waals surface area contributed by atoms with Crippen molar-refractivity contribution in [2.24, 2.45) is 0 Å². The Labute approximate surface area is 245 Å². The van der Waals surface area contributed by atoms with Crippen LogP contribution in [0.15, 0.2) is 46.6 Å². The Hall–Kier alpha value is -1.14. The molecule has 0 saturated carbocycles. The van der Waals surface area contributed by atoms with Gasteiger partial charge < -0.3 is 19.3 Å². The normalized spacial score (nSPS) is 13.8. The van der Waals surface area contributed by atoms with Crippen molar-refractivity contribution in [2.75, 3.05) is 67.7 Å². The molecule has 0 spiro atoms. The van der Waals surface area contributed by atoms with E-state index in [4.69, 9.17) is 9.47 Å². The van der Waals surface area contributed by atoms with Gasteiger partial charge in [-0.1, -0.05) is 72.7 Å². The van der Waals surface area contributed by atoms with Crippen LogP contribution >= 0.6 is 0 Å². The van der Waals surface area contributed by atoms with E-state index in [-0.39, 0.29) is 0 Å². The van der Waals surface area contributed by atoms with Crippen molar-refractivity contribution in [3.63, 3.8) is 0 Å². The summed E-state index contributed by atoms with van der Waals surface area (Å²) in [5.41, 5.74) is 5.95. The van der Waals surface area contributed by atoms with Crippen LogP contribution in [0.4, 0.5) is 0 Å². The standard InChI is InChI=1S/C34H65BN2O2/c1-8-9-10-11-19-33(20-12-17-31(2)29-38-26-15-24-36(4)5)21-14-23-34(28-35)22-13-18-32(3)30-39-27-16-25-37(6)7/h17-19,23H,8-16,20-22,24-30,35H2,1-7H3/b31-17-,32-18-,33-19+,34-23+. The second-order valence-corrected chi connectivity index (χ2v) is 11.7. The van der Waals surface area contributed by atoms with Crippen LogP contribution in [-0.2, 0) is 9.47 Å². The summed E-state index contributed by atoms with van der Waals surface area (Å²) in [5, 5.41) is 0. The summed E-state index contributed by atoms with van der Waals surface area (Å²) in [6.07, 6.45) is 25.3. The molecule has 0 heterocycles. The highest BCUT2D eigenvalue weighted by Gasteiger charge is 2.01. The van der Waals surface area contributed by atoms with E-state index in [1.807, 2.05) is 0 Å². The van der Waals surface area contributed by atoms with Gasteiger partial charge in [0.15, 0.2) is 0 Å². The molecule has 226 valence electrons. The second-order valence-electron chi connectivity index (χ2n) is 11.7. The molecule has 0 aromatic heterocycles. The van der Waals surface area contributed by atoms with Gasteiger partial charge in [-0.15, -0.1) is 0 Å². The summed E-state index contributed by atoms with van der Waals surface area (Å²) in [4.78, 5) is 4.42. The van der Waals surface area contributed by atoms with Gasteiger partial charge in [0.2, 0.25) is 0 Å². The monoisotopic (exact) mass is 545 g/mol. The lowest BCUT2D eigenvalue weighted by atomic mass is 9.91. The average molecular weight is 545 g/mol. The molecule has 0 atom stereocenters. The van der Waals surface area contributed by atoms with Gasteiger partial charge in [-0.25, -0.2) is 0 Å². The Bertz CT molecular complexity index is 695. The molecular weight excluding hydrogens is 479 g/mol. The molecule has 0 saturated heterocycles. The van der Waals surface area contributed by atoms with E-state index in [0.717, 1.165) is 77.9 Å². The number of rotatable bonds is 26. The third-order valence-electron chi connectivity index (χ3n) is 6.96. The third-order valence-corrected chi connectivity index (χ3v) is 6.96. The number of nitrogens with zero attached hydrogens (tertiary/aromatic N) is 2. The van der Waals surface area contributed by atoms with Crippen LogP contribution in [0.1, 0.15) is 97.8 Å². The molecule has 0 aliphatic carbocycles. The topological polar surface area (TPSA) is 24.9 Å². The minimum atomic E-state index is 0.765. The predicted molar refractivity (Wildman–Crippen MR) is 177 cm³/mol. The lowest BCUT2D eigenvalue weighted by molar-refractivity contribution is 0.146. The zero-order chi connectivity index (χ0) is 29.1. The van der Waals surface area contributed by atoms with Crippen LogP contribution in [0, 0.1) is 0 Å². The number of unbranched alkanes of at least 4 members (excludes halogenated alkanes) is 3. The molecule has 39 heavy (non-hydrogen) atoms. The third kappa shape index (κ3) is 26.8. The molecular formula is C34H65BN2O2. The van der Waals surface area contributed by atoms with E-state index in [0.29, 0.717) is 0 Å². The summed E-state index contributed by atoms with van der Waals surface area (Å²) >= 11 is 0. The first-order valence-electron chi connectivity index (χ1n) is 15.9. The van der Waals surface area contributed by atoms with Crippen LogP contribution in [0.5, 0.6) is 0 Å². The quantitative estimate of drug-likeness (QED) is 0.0635. The molecule has 0 fully saturated rings. The molecule has 0 amide bonds. The lowest BCUT2D eigenvalue weighted by Crippen LogP contribution is -2.15. The number of allylic oxidation sites excluding steroid dienone is 6. The predicted octanol–water partition coefficient (Wildman–Crippen LogP) is 7.64. The summed E-state index contributed by atoms with van der Waals surface area (Å²) in [7, 11) is 10.7. The Morgan fingerprint density at radius 2 is 1.08 bits per heavy atom. The Kier molecular flexibility index (Phi) is 26.3. The average Bonchev–Trinajstić information content (AvgIpc) is 2.89. The van der Waals surface area contributed by atoms with Crippen molar-refractivity contribution in [2.45, 2.75) is 104 Å². The van der Waals surface area contributed by atoms with Crippen molar-refractivity contribution >= 4 is 7.85 Å². The maximum Gasteiger partial charge on any atom is 0.106 e. The van der Waals surface area contributed by atoms with E-state index in [9.17, 15) is 0 Å². The Balaban J connectivity index is 4.56. The minimum Gasteiger partial charge on any atom is -0.377 e. The maximum absolute atomic E-state index is 5.85. The van der Waals surface area contributed by atoms with Gasteiger partial charge in [-0.2, -0.15) is 0 Å². The van der Waals surface area contributed by atoms with Crippen LogP contribution in [0.2, 0.25) is 6.32 Å². The summed E-state index contributed by atoms with van der Waals surface area (Å²) in [6, 6.07) is 0. The van der Waals surface area contributed by atoms with Crippen LogP contribution in [0.25, 0.3) is 0 Å². The molecule has 0 radical (unpaired) electrons. The lowest BCUT2D eigenvalue weighted by Gasteiger charge is -2.10. The van der Waals surface area contributed by atoms with Crippen LogP contribution < -0.4 is 0 Å². The fourth-order valence-electron chi connectivity index (χ4n) is 4.47. The van der Waals surface area contributed by atoms with Crippen LogP contribution in [-0.4, -0.2) is 85.4 Å². The van der Waals surface area contributed by atoms with Crippen LogP contribution in [0.3, 0.4) is 0 Å². The fraction of sp³-hybridized carbons (Fsp3) is 0.765. The van der Waals surface area contributed by atoms with Gasteiger partial charge in [0.05, 0.1) is 13.2 Å². The number of ether oxygens (including phenoxy) is 2. The van der Waals surface area contributed by atoms with Gasteiger partial charge >= 0.3 is 0 Å². The molecule has 0 rings (SSSR count). The fourth-order valence-corrected chi connectivity index (χ4v) is 4.47. The number of hydrogen-bond acceptors (Lipinski definition) is 4. The summed E-state index contributed by atoms with van der Waals surface area (Å²) in [5.74, 6) is 0. The molecule has 0 unspecified atom stereocenters. The molecule has 0 aromatic carbocycles. The van der Waals surface area contributed by atoms with Crippen molar-refractivity contribution in [3.05, 3.63) is 46.6 Å². The van der Waals surface area contributed by atoms with Crippen molar-refractivity contribution < 1.29 is 9.47 Å². The highest BCUT2D eigenvalue weighted by atomic mass is 16.5. The largest absolute Gasteiger partial charge is 0.377 e. The molecule has 4 nitrogen and oxygen atoms in total. The van der Waals surface area contributed by atoms with Gasteiger partial charge in [-0.05, 0) is 119 Å². The molecule has 0 bridgehead atoms. The molecule has 0 aliphatic heterocycles. The first-order valence-corrected chi connectivity index (χ1v) is 15.9. The van der Waals surface area contributed by atoms with Crippen molar-refractivity contribution in [1.29, 1.82) is 0 Å². The van der Waals surface area contributed by atoms with Crippen molar-refractivity contribution in [1.82, 2.24) is 9.80 Å². The summed E-state index contributed by atoms with van der Waals surface area (Å²) < 4.78 is 11.7. The first-order chi connectivity index (χ1) is 18.8. The molecule has 0 aromatic rings. The van der Waals surface area contributed by atoms with Gasteiger partial charge in [0.25, 0.3) is 0 Å². The Morgan fingerprint density at radius 3 is 1.54 bits per heavy atom. The highest BCUT2D eigenvalue weighted by molar-refractivity contribution is 6.10. The molecule has 0 N–H and O–H groups in total. The minimum absolute atomic E-state index is 0.765. The Morgan fingerprint density at radius 1 is 0.615 bits per heavy atom. The van der Waals surface area contributed by atoms with Gasteiger partial charge in [0, 0.05) is 13.2 Å².